The van der Waals surface area contributed by atoms with Crippen molar-refractivity contribution in [1.82, 2.24) is 10.2 Å². The number of hydrogen-bond acceptors (Lipinski definition) is 7. The molecule has 0 fully saturated rings. The Labute approximate surface area is 192 Å². The molecule has 2 heterocycles. The highest BCUT2D eigenvalue weighted by Gasteiger charge is 2.17. The number of aliphatic hydroxyl groups excluding tert-OH is 1. The molecule has 0 saturated heterocycles. The highest BCUT2D eigenvalue weighted by atomic mass is 32.1. The van der Waals surface area contributed by atoms with Gasteiger partial charge in [-0.25, -0.2) is 0 Å². The van der Waals surface area contributed by atoms with Gasteiger partial charge in [-0.1, -0.05) is 13.8 Å². The molecule has 0 aliphatic rings. The van der Waals surface area contributed by atoms with Crippen molar-refractivity contribution >= 4 is 17.2 Å². The molecule has 2 aromatic heterocycles. The van der Waals surface area contributed by atoms with Gasteiger partial charge in [-0.3, -0.25) is 4.79 Å². The molecule has 7 nitrogen and oxygen atoms in total. The number of carbonyl (C=O) groups excluding carboxylic acids is 1. The van der Waals surface area contributed by atoms with Gasteiger partial charge in [-0.15, -0.1) is 21.5 Å². The number of rotatable bonds is 10. The number of thiophene rings is 1. The number of amides is 1. The van der Waals surface area contributed by atoms with E-state index in [1.807, 2.05) is 26.0 Å². The van der Waals surface area contributed by atoms with E-state index in [9.17, 15) is 9.90 Å². The zero-order chi connectivity index (χ0) is 23.4. The van der Waals surface area contributed by atoms with E-state index in [1.54, 1.807) is 11.3 Å². The molecule has 0 aliphatic carbocycles. The number of ether oxygens (including phenoxy) is 1. The predicted molar refractivity (Wildman–Crippen MR) is 126 cm³/mol. The van der Waals surface area contributed by atoms with Gasteiger partial charge in [0, 0.05) is 16.9 Å². The van der Waals surface area contributed by atoms with Crippen LogP contribution in [0.25, 0.3) is 22.2 Å². The van der Waals surface area contributed by atoms with Crippen LogP contribution in [0.5, 0.6) is 5.75 Å². The minimum Gasteiger partial charge on any atom is -0.490 e. The maximum Gasteiger partial charge on any atom is 0.258 e. The van der Waals surface area contributed by atoms with Crippen molar-refractivity contribution in [1.29, 1.82) is 0 Å². The average Bonchev–Trinajstić information content (AvgIpc) is 3.32. The van der Waals surface area contributed by atoms with Crippen molar-refractivity contribution in [2.75, 3.05) is 6.61 Å². The summed E-state index contributed by atoms with van der Waals surface area (Å²) in [6.45, 7) is 10.5. The Morgan fingerprint density at radius 3 is 2.44 bits per heavy atom. The normalized spacial score (nSPS) is 12.3. The van der Waals surface area contributed by atoms with Crippen molar-refractivity contribution in [2.24, 2.45) is 11.7 Å². The maximum atomic E-state index is 10.9. The van der Waals surface area contributed by atoms with Gasteiger partial charge in [0.05, 0.1) is 11.0 Å². The zero-order valence-corrected chi connectivity index (χ0v) is 20.1. The maximum absolute atomic E-state index is 10.9. The van der Waals surface area contributed by atoms with E-state index in [0.717, 1.165) is 28.0 Å². The molecule has 32 heavy (non-hydrogen) atoms. The lowest BCUT2D eigenvalue weighted by Crippen LogP contribution is -2.21. The fraction of sp³-hybridized carbons (Fsp3) is 0.458. The summed E-state index contributed by atoms with van der Waals surface area (Å²) in [5.41, 5.74) is 9.06. The summed E-state index contributed by atoms with van der Waals surface area (Å²) in [4.78, 5) is 13.1. The van der Waals surface area contributed by atoms with Crippen LogP contribution in [0.1, 0.15) is 48.3 Å². The van der Waals surface area contributed by atoms with Gasteiger partial charge in [-0.05, 0) is 74.4 Å². The van der Waals surface area contributed by atoms with Gasteiger partial charge >= 0.3 is 0 Å². The van der Waals surface area contributed by atoms with Crippen molar-refractivity contribution < 1.29 is 19.1 Å². The summed E-state index contributed by atoms with van der Waals surface area (Å²) in [7, 11) is 0. The minimum absolute atomic E-state index is 0.0927. The van der Waals surface area contributed by atoms with Gasteiger partial charge in [0.2, 0.25) is 11.8 Å². The first-order chi connectivity index (χ1) is 15.1. The lowest BCUT2D eigenvalue weighted by Gasteiger charge is -2.16. The Balaban J connectivity index is 1.74. The molecular formula is C24H31N3O4S. The molecular weight excluding hydrogens is 426 g/mol. The second-order valence-electron chi connectivity index (χ2n) is 8.61. The predicted octanol–water partition coefficient (Wildman–Crippen LogP) is 4.59. The fourth-order valence-electron chi connectivity index (χ4n) is 3.58. The Bertz CT molecular complexity index is 1060. The Morgan fingerprint density at radius 2 is 1.81 bits per heavy atom. The van der Waals surface area contributed by atoms with Crippen LogP contribution in [0.3, 0.4) is 0 Å². The van der Waals surface area contributed by atoms with Crippen molar-refractivity contribution in [2.45, 2.75) is 60.0 Å². The first-order valence-corrected chi connectivity index (χ1v) is 11.6. The van der Waals surface area contributed by atoms with E-state index in [1.165, 1.54) is 10.4 Å². The number of primary amides is 1. The molecule has 172 valence electrons. The van der Waals surface area contributed by atoms with Gasteiger partial charge in [0.15, 0.2) is 0 Å². The molecule has 1 amide bonds. The van der Waals surface area contributed by atoms with Crippen LogP contribution >= 0.6 is 11.3 Å². The zero-order valence-electron chi connectivity index (χ0n) is 19.3. The quantitative estimate of drug-likeness (QED) is 0.460. The third kappa shape index (κ3) is 5.95. The summed E-state index contributed by atoms with van der Waals surface area (Å²) in [6.07, 6.45) is 0.677. The topological polar surface area (TPSA) is 111 Å². The van der Waals surface area contributed by atoms with E-state index < -0.39 is 12.0 Å². The number of aliphatic hydroxyl groups is 1. The number of hydrogen-bond donors (Lipinski definition) is 2. The van der Waals surface area contributed by atoms with Gasteiger partial charge in [0.1, 0.15) is 12.4 Å². The van der Waals surface area contributed by atoms with E-state index in [4.69, 9.17) is 14.9 Å². The first kappa shape index (κ1) is 23.9. The molecule has 3 aromatic rings. The SMILES string of the molecule is Cc1cc(-c2nnc(-c3cc(CC(C)C)c(C)s3)o2)cc(C)c1OC[C@@H](O)CCC(N)=O. The molecule has 8 heteroatoms. The Hall–Kier alpha value is -2.71. The molecule has 0 bridgehead atoms. The van der Waals surface area contributed by atoms with Crippen LogP contribution in [-0.2, 0) is 11.2 Å². The lowest BCUT2D eigenvalue weighted by molar-refractivity contribution is -0.118. The van der Waals surface area contributed by atoms with Crippen LogP contribution in [-0.4, -0.2) is 33.9 Å². The fourth-order valence-corrected chi connectivity index (χ4v) is 4.55. The van der Waals surface area contributed by atoms with Gasteiger partial charge in [-0.2, -0.15) is 0 Å². The van der Waals surface area contributed by atoms with Crippen LogP contribution < -0.4 is 10.5 Å². The third-order valence-corrected chi connectivity index (χ3v) is 6.22. The molecule has 1 atom stereocenters. The number of aromatic nitrogens is 2. The molecule has 3 N–H and O–H groups in total. The Kier molecular flexibility index (Phi) is 7.69. The standard InChI is InChI=1S/C24H31N3O4S/c1-13(2)8-17-11-20(32-16(17)5)24-27-26-23(31-24)18-9-14(3)22(15(4)10-18)30-12-19(28)6-7-21(25)29/h9-11,13,19,28H,6-8,12H2,1-5H3,(H2,25,29)/t19-/m0/s1. The van der Waals surface area contributed by atoms with Crippen molar-refractivity contribution in [3.05, 3.63) is 39.8 Å². The smallest absolute Gasteiger partial charge is 0.258 e. The van der Waals surface area contributed by atoms with Gasteiger partial charge < -0.3 is 20.0 Å². The van der Waals surface area contributed by atoms with E-state index in [2.05, 4.69) is 37.0 Å². The molecule has 0 spiro atoms. The summed E-state index contributed by atoms with van der Waals surface area (Å²) in [6, 6.07) is 6.01. The number of nitrogens with zero attached hydrogens (tertiary/aromatic N) is 2. The highest BCUT2D eigenvalue weighted by Crippen LogP contribution is 2.34. The summed E-state index contributed by atoms with van der Waals surface area (Å²) in [5, 5.41) is 18.5. The molecule has 0 aliphatic heterocycles. The second kappa shape index (κ2) is 10.3. The average molecular weight is 458 g/mol. The third-order valence-electron chi connectivity index (χ3n) is 5.14. The van der Waals surface area contributed by atoms with Gasteiger partial charge in [0.25, 0.3) is 5.89 Å². The first-order valence-electron chi connectivity index (χ1n) is 10.8. The van der Waals surface area contributed by atoms with Crippen molar-refractivity contribution in [3.8, 4) is 28.0 Å². The van der Waals surface area contributed by atoms with E-state index in [0.29, 0.717) is 23.4 Å². The van der Waals surface area contributed by atoms with Crippen LogP contribution in [0.15, 0.2) is 22.6 Å². The number of carbonyl (C=O) groups is 1. The molecule has 1 aromatic carbocycles. The van der Waals surface area contributed by atoms with Crippen LogP contribution in [0.2, 0.25) is 0 Å². The summed E-state index contributed by atoms with van der Waals surface area (Å²) < 4.78 is 11.8. The highest BCUT2D eigenvalue weighted by molar-refractivity contribution is 7.15. The minimum atomic E-state index is -0.755. The van der Waals surface area contributed by atoms with E-state index >= 15 is 0 Å². The molecule has 3 rings (SSSR count). The second-order valence-corrected chi connectivity index (χ2v) is 9.87. The Morgan fingerprint density at radius 1 is 1.16 bits per heavy atom. The summed E-state index contributed by atoms with van der Waals surface area (Å²) >= 11 is 1.67. The number of aryl methyl sites for hydroxylation is 3. The van der Waals surface area contributed by atoms with Crippen LogP contribution in [0, 0.1) is 26.7 Å². The lowest BCUT2D eigenvalue weighted by atomic mass is 10.0. The number of nitrogens with two attached hydrogens (primary N) is 1. The van der Waals surface area contributed by atoms with Crippen LogP contribution in [0.4, 0.5) is 0 Å². The largest absolute Gasteiger partial charge is 0.490 e. The molecule has 0 unspecified atom stereocenters. The van der Waals surface area contributed by atoms with E-state index in [-0.39, 0.29) is 19.4 Å². The van der Waals surface area contributed by atoms with Crippen molar-refractivity contribution in [3.63, 3.8) is 0 Å². The number of benzene rings is 1. The molecule has 0 radical (unpaired) electrons. The monoisotopic (exact) mass is 457 g/mol. The molecule has 0 saturated carbocycles. The summed E-state index contributed by atoms with van der Waals surface area (Å²) in [5.74, 6) is 1.82.